The zero-order valence-electron chi connectivity index (χ0n) is 9.99. The van der Waals surface area contributed by atoms with Gasteiger partial charge in [-0.05, 0) is 32.6 Å². The molecule has 0 aliphatic carbocycles. The Bertz CT molecular complexity index is 439. The maximum absolute atomic E-state index is 11.7. The normalized spacial score (nSPS) is 19.8. The van der Waals surface area contributed by atoms with E-state index >= 15 is 0 Å². The smallest absolute Gasteiger partial charge is 0.254 e. The highest BCUT2D eigenvalue weighted by Gasteiger charge is 2.15. The Morgan fingerprint density at radius 1 is 1.65 bits per heavy atom. The van der Waals surface area contributed by atoms with Gasteiger partial charge in [0.1, 0.15) is 11.0 Å². The van der Waals surface area contributed by atoms with E-state index in [9.17, 15) is 4.79 Å². The van der Waals surface area contributed by atoms with E-state index in [0.29, 0.717) is 18.5 Å². The molecule has 5 heteroatoms. The SMILES string of the molecule is Cc1nc(Cl)cc(=O)n1CCCC1CCCO1. The summed E-state index contributed by atoms with van der Waals surface area (Å²) in [5.74, 6) is 0.676. The first-order valence-electron chi connectivity index (χ1n) is 6.02. The summed E-state index contributed by atoms with van der Waals surface area (Å²) >= 11 is 5.72. The minimum absolute atomic E-state index is 0.0742. The molecule has 1 aliphatic rings. The number of rotatable bonds is 4. The van der Waals surface area contributed by atoms with Crippen molar-refractivity contribution in [2.24, 2.45) is 0 Å². The molecule has 0 amide bonds. The minimum Gasteiger partial charge on any atom is -0.378 e. The van der Waals surface area contributed by atoms with Crippen molar-refractivity contribution in [2.75, 3.05) is 6.61 Å². The molecule has 17 heavy (non-hydrogen) atoms. The predicted molar refractivity (Wildman–Crippen MR) is 66.5 cm³/mol. The number of ether oxygens (including phenoxy) is 1. The molecule has 1 atom stereocenters. The third kappa shape index (κ3) is 3.30. The van der Waals surface area contributed by atoms with Gasteiger partial charge in [0.05, 0.1) is 6.10 Å². The van der Waals surface area contributed by atoms with E-state index in [-0.39, 0.29) is 10.7 Å². The molecule has 4 nitrogen and oxygen atoms in total. The third-order valence-electron chi connectivity index (χ3n) is 3.10. The Kier molecular flexibility index (Phi) is 4.18. The van der Waals surface area contributed by atoms with Gasteiger partial charge in [0.15, 0.2) is 0 Å². The van der Waals surface area contributed by atoms with Gasteiger partial charge in [-0.25, -0.2) is 4.98 Å². The van der Waals surface area contributed by atoms with E-state index in [0.717, 1.165) is 32.3 Å². The number of hydrogen-bond acceptors (Lipinski definition) is 3. The second kappa shape index (κ2) is 5.65. The minimum atomic E-state index is -0.0742. The van der Waals surface area contributed by atoms with Crippen LogP contribution in [-0.4, -0.2) is 22.3 Å². The number of aromatic nitrogens is 2. The average Bonchev–Trinajstić information content (AvgIpc) is 2.74. The summed E-state index contributed by atoms with van der Waals surface area (Å²) in [5.41, 5.74) is -0.0742. The van der Waals surface area contributed by atoms with Crippen molar-refractivity contribution in [1.29, 1.82) is 0 Å². The molecule has 1 saturated heterocycles. The summed E-state index contributed by atoms with van der Waals surface area (Å²) in [5, 5.41) is 0.267. The summed E-state index contributed by atoms with van der Waals surface area (Å²) in [6, 6.07) is 1.36. The van der Waals surface area contributed by atoms with Gasteiger partial charge in [0.25, 0.3) is 5.56 Å². The van der Waals surface area contributed by atoms with Crippen LogP contribution in [0.4, 0.5) is 0 Å². The predicted octanol–water partition coefficient (Wildman–Crippen LogP) is 2.16. The quantitative estimate of drug-likeness (QED) is 0.776. The molecule has 0 radical (unpaired) electrons. The first kappa shape index (κ1) is 12.6. The topological polar surface area (TPSA) is 44.1 Å². The van der Waals surface area contributed by atoms with E-state index in [1.54, 1.807) is 11.5 Å². The first-order chi connectivity index (χ1) is 8.16. The third-order valence-corrected chi connectivity index (χ3v) is 3.29. The van der Waals surface area contributed by atoms with Gasteiger partial charge in [-0.2, -0.15) is 0 Å². The largest absolute Gasteiger partial charge is 0.378 e. The molecule has 2 heterocycles. The van der Waals surface area contributed by atoms with Crippen molar-refractivity contribution in [1.82, 2.24) is 9.55 Å². The molecule has 1 aliphatic heterocycles. The van der Waals surface area contributed by atoms with Crippen molar-refractivity contribution in [2.45, 2.75) is 45.3 Å². The Morgan fingerprint density at radius 3 is 3.12 bits per heavy atom. The van der Waals surface area contributed by atoms with Crippen LogP contribution < -0.4 is 5.56 Å². The van der Waals surface area contributed by atoms with Gasteiger partial charge >= 0.3 is 0 Å². The molecule has 0 aromatic carbocycles. The van der Waals surface area contributed by atoms with Gasteiger partial charge < -0.3 is 4.74 Å². The Balaban J connectivity index is 1.92. The molecular weight excluding hydrogens is 240 g/mol. The lowest BCUT2D eigenvalue weighted by Crippen LogP contribution is -2.23. The zero-order chi connectivity index (χ0) is 12.3. The number of nitrogens with zero attached hydrogens (tertiary/aromatic N) is 2. The lowest BCUT2D eigenvalue weighted by atomic mass is 10.1. The molecule has 1 fully saturated rings. The summed E-state index contributed by atoms with van der Waals surface area (Å²) in [4.78, 5) is 15.8. The second-order valence-electron chi connectivity index (χ2n) is 4.39. The van der Waals surface area contributed by atoms with Crippen molar-refractivity contribution >= 4 is 11.6 Å². The van der Waals surface area contributed by atoms with Crippen molar-refractivity contribution in [3.8, 4) is 0 Å². The van der Waals surface area contributed by atoms with Crippen LogP contribution in [0.1, 0.15) is 31.5 Å². The summed E-state index contributed by atoms with van der Waals surface area (Å²) in [6.07, 6.45) is 4.63. The molecule has 0 spiro atoms. The fraction of sp³-hybridized carbons (Fsp3) is 0.667. The highest BCUT2D eigenvalue weighted by Crippen LogP contribution is 2.17. The van der Waals surface area contributed by atoms with Crippen LogP contribution in [0.25, 0.3) is 0 Å². The first-order valence-corrected chi connectivity index (χ1v) is 6.40. The van der Waals surface area contributed by atoms with Crippen molar-refractivity contribution in [3.05, 3.63) is 27.4 Å². The zero-order valence-corrected chi connectivity index (χ0v) is 10.7. The molecule has 0 bridgehead atoms. The number of aryl methyl sites for hydroxylation is 1. The average molecular weight is 257 g/mol. The van der Waals surface area contributed by atoms with E-state index in [4.69, 9.17) is 16.3 Å². The van der Waals surface area contributed by atoms with Crippen LogP contribution >= 0.6 is 11.6 Å². The highest BCUT2D eigenvalue weighted by molar-refractivity contribution is 6.29. The summed E-state index contributed by atoms with van der Waals surface area (Å²) in [7, 11) is 0. The number of halogens is 1. The Labute approximate surface area is 106 Å². The van der Waals surface area contributed by atoms with E-state index in [2.05, 4.69) is 4.98 Å². The molecule has 2 rings (SSSR count). The van der Waals surface area contributed by atoms with Gasteiger partial charge in [0.2, 0.25) is 0 Å². The second-order valence-corrected chi connectivity index (χ2v) is 4.78. The molecule has 1 aromatic rings. The standard InChI is InChI=1S/C12H17ClN2O2/c1-9-14-11(13)8-12(16)15(9)6-2-4-10-5-3-7-17-10/h8,10H,2-7H2,1H3. The Hall–Kier alpha value is -0.870. The van der Waals surface area contributed by atoms with Gasteiger partial charge in [0, 0.05) is 19.2 Å². The number of hydrogen-bond donors (Lipinski definition) is 0. The molecule has 1 aromatic heterocycles. The maximum Gasteiger partial charge on any atom is 0.254 e. The fourth-order valence-electron chi connectivity index (χ4n) is 2.21. The van der Waals surface area contributed by atoms with Crippen molar-refractivity contribution < 1.29 is 4.74 Å². The maximum atomic E-state index is 11.7. The summed E-state index contributed by atoms with van der Waals surface area (Å²) < 4.78 is 7.21. The van der Waals surface area contributed by atoms with Crippen LogP contribution in [0.5, 0.6) is 0 Å². The van der Waals surface area contributed by atoms with Gasteiger partial charge in [-0.15, -0.1) is 0 Å². The summed E-state index contributed by atoms with van der Waals surface area (Å²) in [6.45, 7) is 3.38. The fourth-order valence-corrected chi connectivity index (χ4v) is 2.42. The molecular formula is C12H17ClN2O2. The van der Waals surface area contributed by atoms with Crippen LogP contribution in [0, 0.1) is 6.92 Å². The van der Waals surface area contributed by atoms with Crippen LogP contribution in [-0.2, 0) is 11.3 Å². The lowest BCUT2D eigenvalue weighted by Gasteiger charge is -2.11. The van der Waals surface area contributed by atoms with Gasteiger partial charge in [-0.1, -0.05) is 11.6 Å². The van der Waals surface area contributed by atoms with E-state index < -0.39 is 0 Å². The molecule has 0 N–H and O–H groups in total. The van der Waals surface area contributed by atoms with Crippen molar-refractivity contribution in [3.63, 3.8) is 0 Å². The van der Waals surface area contributed by atoms with E-state index in [1.807, 2.05) is 0 Å². The molecule has 94 valence electrons. The molecule has 1 unspecified atom stereocenters. The monoisotopic (exact) mass is 256 g/mol. The lowest BCUT2D eigenvalue weighted by molar-refractivity contribution is 0.101. The van der Waals surface area contributed by atoms with Crippen LogP contribution in [0.2, 0.25) is 5.15 Å². The Morgan fingerprint density at radius 2 is 2.47 bits per heavy atom. The van der Waals surface area contributed by atoms with Crippen LogP contribution in [0.3, 0.4) is 0 Å². The highest BCUT2D eigenvalue weighted by atomic mass is 35.5. The van der Waals surface area contributed by atoms with Crippen LogP contribution in [0.15, 0.2) is 10.9 Å². The van der Waals surface area contributed by atoms with Gasteiger partial charge in [-0.3, -0.25) is 9.36 Å². The van der Waals surface area contributed by atoms with E-state index in [1.165, 1.54) is 6.07 Å². The molecule has 0 saturated carbocycles.